The number of benzene rings is 1. The maximum Gasteiger partial charge on any atom is 0.434 e. The monoisotopic (exact) mass is 556 g/mol. The van der Waals surface area contributed by atoms with Crippen LogP contribution in [0.5, 0.6) is 23.3 Å². The molecule has 5 rings (SSSR count). The molecule has 210 valence electrons. The summed E-state index contributed by atoms with van der Waals surface area (Å²) in [4.78, 5) is 21.5. The molecule has 0 atom stereocenters. The summed E-state index contributed by atoms with van der Waals surface area (Å²) in [5.41, 5.74) is 2.22. The second kappa shape index (κ2) is 10.6. The molecule has 0 bridgehead atoms. The normalized spacial score (nSPS) is 13.3. The molecule has 1 aliphatic rings. The van der Waals surface area contributed by atoms with E-state index < -0.39 is 11.9 Å². The van der Waals surface area contributed by atoms with E-state index in [1.165, 1.54) is 45.5 Å². The molecule has 0 unspecified atom stereocenters. The molecule has 1 aliphatic carbocycles. The van der Waals surface area contributed by atoms with Gasteiger partial charge in [0.15, 0.2) is 17.3 Å². The van der Waals surface area contributed by atoms with Gasteiger partial charge in [-0.1, -0.05) is 12.1 Å². The van der Waals surface area contributed by atoms with Crippen LogP contribution in [0.2, 0.25) is 0 Å². The lowest BCUT2D eigenvalue weighted by molar-refractivity contribution is -0.140. The van der Waals surface area contributed by atoms with Crippen molar-refractivity contribution >= 4 is 0 Å². The molecule has 1 fully saturated rings. The minimum atomic E-state index is -4.55. The predicted octanol–water partition coefficient (Wildman–Crippen LogP) is 5.14. The van der Waals surface area contributed by atoms with Crippen LogP contribution < -0.4 is 18.9 Å². The summed E-state index contributed by atoms with van der Waals surface area (Å²) in [6.07, 6.45) is 1.40. The van der Waals surface area contributed by atoms with Crippen LogP contribution in [0.4, 0.5) is 13.2 Å². The largest absolute Gasteiger partial charge is 0.496 e. The van der Waals surface area contributed by atoms with Crippen LogP contribution in [-0.2, 0) is 19.8 Å². The Kier molecular flexibility index (Phi) is 7.21. The number of nitrogens with zero attached hydrogens (tertiary/aromatic N) is 6. The Morgan fingerprint density at radius 1 is 0.975 bits per heavy atom. The number of hydrogen-bond donors (Lipinski definition) is 0. The molecule has 10 nitrogen and oxygen atoms in total. The van der Waals surface area contributed by atoms with Crippen LogP contribution >= 0.6 is 0 Å². The molecule has 0 radical (unpaired) electrons. The first kappa shape index (κ1) is 27.2. The van der Waals surface area contributed by atoms with Crippen molar-refractivity contribution < 1.29 is 32.1 Å². The molecule has 0 aliphatic heterocycles. The Hall–Kier alpha value is -4.42. The molecule has 3 heterocycles. The van der Waals surface area contributed by atoms with Gasteiger partial charge in [0.05, 0.1) is 33.2 Å². The van der Waals surface area contributed by atoms with Gasteiger partial charge in [-0.15, -0.1) is 0 Å². The van der Waals surface area contributed by atoms with Crippen LogP contribution in [-0.4, -0.2) is 50.8 Å². The summed E-state index contributed by atoms with van der Waals surface area (Å²) in [7, 11) is 6.01. The number of ether oxygens (including phenoxy) is 4. The highest BCUT2D eigenvalue weighted by atomic mass is 19.4. The Balaban J connectivity index is 1.47. The molecule has 0 spiro atoms. The van der Waals surface area contributed by atoms with Crippen molar-refractivity contribution in [3.05, 3.63) is 53.4 Å². The van der Waals surface area contributed by atoms with Crippen LogP contribution in [0.15, 0.2) is 30.9 Å². The summed E-state index contributed by atoms with van der Waals surface area (Å²) < 4.78 is 63.6. The highest BCUT2D eigenvalue weighted by Gasteiger charge is 2.35. The third-order valence-electron chi connectivity index (χ3n) is 6.63. The van der Waals surface area contributed by atoms with Gasteiger partial charge in [-0.05, 0) is 19.8 Å². The Morgan fingerprint density at radius 3 is 2.38 bits per heavy atom. The molecule has 4 aromatic rings. The standard InChI is InChI=1S/C27H27F3N6O4/c1-14-17(24-34-19(11-36(24)2)27(28,29)30)9-8-16(22(14)38-4)12-40-25-18(37-3)10-31-23(35-25)20-21(15-6-7-15)32-13-33-26(20)39-5/h8-11,13,15H,6-7,12H2,1-5H3. The predicted molar refractivity (Wildman–Crippen MR) is 137 cm³/mol. The van der Waals surface area contributed by atoms with Crippen LogP contribution in [0.25, 0.3) is 22.8 Å². The summed E-state index contributed by atoms with van der Waals surface area (Å²) in [5.74, 6) is 2.11. The zero-order valence-corrected chi connectivity index (χ0v) is 22.5. The fourth-order valence-corrected chi connectivity index (χ4v) is 4.52. The third-order valence-corrected chi connectivity index (χ3v) is 6.63. The molecule has 1 saturated carbocycles. The van der Waals surface area contributed by atoms with Crippen molar-refractivity contribution in [2.24, 2.45) is 7.05 Å². The number of aryl methyl sites for hydroxylation is 1. The van der Waals surface area contributed by atoms with E-state index in [9.17, 15) is 13.2 Å². The fraction of sp³-hybridized carbons (Fsp3) is 0.370. The summed E-state index contributed by atoms with van der Waals surface area (Å²) in [6, 6.07) is 3.41. The second-order valence-corrected chi connectivity index (χ2v) is 9.26. The number of hydrogen-bond acceptors (Lipinski definition) is 9. The van der Waals surface area contributed by atoms with E-state index in [-0.39, 0.29) is 18.3 Å². The van der Waals surface area contributed by atoms with Crippen molar-refractivity contribution in [2.45, 2.75) is 38.5 Å². The van der Waals surface area contributed by atoms with Gasteiger partial charge in [0.25, 0.3) is 5.88 Å². The summed E-state index contributed by atoms with van der Waals surface area (Å²) in [6.45, 7) is 1.79. The van der Waals surface area contributed by atoms with E-state index in [1.807, 2.05) is 0 Å². The average Bonchev–Trinajstić information content (AvgIpc) is 3.71. The molecule has 0 saturated heterocycles. The highest BCUT2D eigenvalue weighted by Crippen LogP contribution is 2.45. The van der Waals surface area contributed by atoms with Crippen molar-refractivity contribution in [2.75, 3.05) is 21.3 Å². The van der Waals surface area contributed by atoms with E-state index in [4.69, 9.17) is 18.9 Å². The van der Waals surface area contributed by atoms with Gasteiger partial charge in [0.1, 0.15) is 30.1 Å². The van der Waals surface area contributed by atoms with E-state index in [0.717, 1.165) is 24.7 Å². The minimum absolute atomic E-state index is 0.0311. The number of imidazole rings is 1. The van der Waals surface area contributed by atoms with Crippen molar-refractivity contribution in [3.8, 4) is 46.0 Å². The molecule has 13 heteroatoms. The van der Waals surface area contributed by atoms with Gasteiger partial charge in [0.2, 0.25) is 5.88 Å². The van der Waals surface area contributed by atoms with Crippen molar-refractivity contribution in [3.63, 3.8) is 0 Å². The molecule has 3 aromatic heterocycles. The maximum absolute atomic E-state index is 13.2. The minimum Gasteiger partial charge on any atom is -0.496 e. The Labute approximate surface area is 228 Å². The summed E-state index contributed by atoms with van der Waals surface area (Å²) >= 11 is 0. The van der Waals surface area contributed by atoms with Gasteiger partial charge in [0, 0.05) is 35.9 Å². The lowest BCUT2D eigenvalue weighted by Crippen LogP contribution is -2.07. The van der Waals surface area contributed by atoms with Gasteiger partial charge < -0.3 is 23.5 Å². The topological polar surface area (TPSA) is 106 Å². The molecule has 0 N–H and O–H groups in total. The van der Waals surface area contributed by atoms with Crippen molar-refractivity contribution in [1.29, 1.82) is 0 Å². The van der Waals surface area contributed by atoms with E-state index in [0.29, 0.717) is 51.4 Å². The lowest BCUT2D eigenvalue weighted by Gasteiger charge is -2.17. The average molecular weight is 557 g/mol. The quantitative estimate of drug-likeness (QED) is 0.277. The molecule has 0 amide bonds. The van der Waals surface area contributed by atoms with Crippen LogP contribution in [0.3, 0.4) is 0 Å². The molecular weight excluding hydrogens is 529 g/mol. The Bertz CT molecular complexity index is 1550. The molecule has 40 heavy (non-hydrogen) atoms. The van der Waals surface area contributed by atoms with Gasteiger partial charge >= 0.3 is 6.18 Å². The summed E-state index contributed by atoms with van der Waals surface area (Å²) in [5, 5.41) is 0. The van der Waals surface area contributed by atoms with Gasteiger partial charge in [-0.25, -0.2) is 19.9 Å². The molecular formula is C27H27F3N6O4. The van der Waals surface area contributed by atoms with Crippen LogP contribution in [0, 0.1) is 6.92 Å². The smallest absolute Gasteiger partial charge is 0.434 e. The van der Waals surface area contributed by atoms with E-state index in [2.05, 4.69) is 24.9 Å². The number of methoxy groups -OCH3 is 3. The molecule has 1 aromatic carbocycles. The zero-order valence-electron chi connectivity index (χ0n) is 22.5. The second-order valence-electron chi connectivity index (χ2n) is 9.26. The lowest BCUT2D eigenvalue weighted by atomic mass is 10.0. The number of halogens is 3. The highest BCUT2D eigenvalue weighted by molar-refractivity contribution is 5.67. The number of rotatable bonds is 9. The van der Waals surface area contributed by atoms with E-state index >= 15 is 0 Å². The fourth-order valence-electron chi connectivity index (χ4n) is 4.52. The first-order chi connectivity index (χ1) is 19.2. The van der Waals surface area contributed by atoms with Gasteiger partial charge in [-0.2, -0.15) is 18.2 Å². The maximum atomic E-state index is 13.2. The van der Waals surface area contributed by atoms with Crippen LogP contribution in [0.1, 0.15) is 41.3 Å². The first-order valence-corrected chi connectivity index (χ1v) is 12.4. The number of aromatic nitrogens is 6. The first-order valence-electron chi connectivity index (χ1n) is 12.4. The number of alkyl halides is 3. The van der Waals surface area contributed by atoms with E-state index in [1.54, 1.807) is 19.1 Å². The van der Waals surface area contributed by atoms with Gasteiger partial charge in [-0.3, -0.25) is 0 Å². The SMILES string of the molecule is COc1cnc(-c2c(OC)ncnc2C2CC2)nc1OCc1ccc(-c2nc(C(F)(F)F)cn2C)c(C)c1OC. The Morgan fingerprint density at radius 2 is 1.75 bits per heavy atom. The van der Waals surface area contributed by atoms with Crippen molar-refractivity contribution in [1.82, 2.24) is 29.5 Å². The zero-order chi connectivity index (χ0) is 28.6. The third kappa shape index (κ3) is 5.10.